The maximum atomic E-state index is 10.4. The summed E-state index contributed by atoms with van der Waals surface area (Å²) < 4.78 is 0. The minimum absolute atomic E-state index is 0.224. The Morgan fingerprint density at radius 3 is 2.54 bits per heavy atom. The van der Waals surface area contributed by atoms with Crippen LogP contribution in [0.4, 0.5) is 5.69 Å². The third kappa shape index (κ3) is 1.52. The molecule has 0 aromatic heterocycles. The molecule has 6 nitrogen and oxygen atoms in total. The van der Waals surface area contributed by atoms with Crippen molar-refractivity contribution < 1.29 is 15.0 Å². The van der Waals surface area contributed by atoms with Gasteiger partial charge in [0.15, 0.2) is 6.29 Å². The zero-order chi connectivity index (χ0) is 9.84. The second-order valence-corrected chi connectivity index (χ2v) is 2.17. The Hall–Kier alpha value is -2.20. The third-order valence-corrected chi connectivity index (χ3v) is 1.44. The van der Waals surface area contributed by atoms with Crippen molar-refractivity contribution in [3.63, 3.8) is 0 Å². The predicted octanol–water partition coefficient (Wildman–Crippen LogP) is 1.85. The monoisotopic (exact) mass is 179 g/mol. The normalized spacial score (nSPS) is 8.92. The van der Waals surface area contributed by atoms with Crippen LogP contribution in [0.15, 0.2) is 17.2 Å². The molecular formula is C7H5N3O3. The van der Waals surface area contributed by atoms with E-state index in [1.54, 1.807) is 0 Å². The van der Waals surface area contributed by atoms with E-state index in [1.807, 2.05) is 0 Å². The number of carbonyl (C=O) groups is 1. The van der Waals surface area contributed by atoms with Crippen molar-refractivity contribution in [3.05, 3.63) is 28.1 Å². The molecule has 6 heteroatoms. The van der Waals surface area contributed by atoms with Crippen LogP contribution >= 0.6 is 0 Å². The molecule has 0 aliphatic carbocycles. The van der Waals surface area contributed by atoms with Gasteiger partial charge in [-0.1, -0.05) is 5.11 Å². The Bertz CT molecular complexity index is 396. The van der Waals surface area contributed by atoms with E-state index in [0.717, 1.165) is 12.1 Å². The van der Waals surface area contributed by atoms with Crippen molar-refractivity contribution in [2.75, 3.05) is 0 Å². The number of nitrogens with zero attached hydrogens (tertiary/aromatic N) is 3. The van der Waals surface area contributed by atoms with Crippen molar-refractivity contribution in [3.8, 4) is 11.5 Å². The highest BCUT2D eigenvalue weighted by Gasteiger charge is 2.09. The van der Waals surface area contributed by atoms with E-state index in [1.165, 1.54) is 0 Å². The Morgan fingerprint density at radius 2 is 2.00 bits per heavy atom. The lowest BCUT2D eigenvalue weighted by molar-refractivity contribution is 0.112. The molecule has 0 aliphatic rings. The summed E-state index contributed by atoms with van der Waals surface area (Å²) in [7, 11) is 0. The minimum atomic E-state index is -0.349. The molecule has 0 atom stereocenters. The van der Waals surface area contributed by atoms with E-state index >= 15 is 0 Å². The number of phenols is 2. The fourth-order valence-corrected chi connectivity index (χ4v) is 0.852. The van der Waals surface area contributed by atoms with Gasteiger partial charge in [-0.15, -0.1) is 0 Å². The topological polar surface area (TPSA) is 106 Å². The maximum Gasteiger partial charge on any atom is 0.154 e. The van der Waals surface area contributed by atoms with E-state index < -0.39 is 0 Å². The third-order valence-electron chi connectivity index (χ3n) is 1.44. The van der Waals surface area contributed by atoms with Gasteiger partial charge in [0.25, 0.3) is 0 Å². The fourth-order valence-electron chi connectivity index (χ4n) is 0.852. The molecule has 0 amide bonds. The number of aromatic hydroxyl groups is 2. The van der Waals surface area contributed by atoms with Crippen molar-refractivity contribution >= 4 is 12.0 Å². The molecule has 0 aliphatic heterocycles. The number of aldehydes is 1. The number of hydrogen-bond donors (Lipinski definition) is 2. The molecule has 1 rings (SSSR count). The molecule has 0 bridgehead atoms. The highest BCUT2D eigenvalue weighted by Crippen LogP contribution is 2.34. The predicted molar refractivity (Wildman–Crippen MR) is 44.0 cm³/mol. The highest BCUT2D eigenvalue weighted by molar-refractivity contribution is 5.89. The lowest BCUT2D eigenvalue weighted by Gasteiger charge is -2.02. The van der Waals surface area contributed by atoms with Crippen LogP contribution in [0.25, 0.3) is 10.4 Å². The van der Waals surface area contributed by atoms with Crippen LogP contribution in [0.3, 0.4) is 0 Å². The smallest absolute Gasteiger partial charge is 0.154 e. The van der Waals surface area contributed by atoms with Crippen LogP contribution in [-0.4, -0.2) is 16.5 Å². The molecular weight excluding hydrogens is 174 g/mol. The second-order valence-electron chi connectivity index (χ2n) is 2.17. The summed E-state index contributed by atoms with van der Waals surface area (Å²) in [6.45, 7) is 0. The average Bonchev–Trinajstić information content (AvgIpc) is 2.12. The summed E-state index contributed by atoms with van der Waals surface area (Å²) in [5.74, 6) is -0.687. The van der Waals surface area contributed by atoms with Crippen LogP contribution < -0.4 is 0 Å². The minimum Gasteiger partial charge on any atom is -0.507 e. The molecule has 0 saturated carbocycles. The van der Waals surface area contributed by atoms with Gasteiger partial charge in [0.1, 0.15) is 11.5 Å². The molecule has 1 aromatic rings. The molecule has 0 saturated heterocycles. The van der Waals surface area contributed by atoms with Gasteiger partial charge in [0, 0.05) is 4.91 Å². The first-order valence-electron chi connectivity index (χ1n) is 3.26. The lowest BCUT2D eigenvalue weighted by Crippen LogP contribution is -1.82. The van der Waals surface area contributed by atoms with Gasteiger partial charge < -0.3 is 10.2 Å². The summed E-state index contributed by atoms with van der Waals surface area (Å²) >= 11 is 0. The number of phenolic OH excluding ortho intramolecular Hbond substituents is 2. The van der Waals surface area contributed by atoms with Gasteiger partial charge >= 0.3 is 0 Å². The van der Waals surface area contributed by atoms with E-state index in [-0.39, 0.29) is 22.7 Å². The van der Waals surface area contributed by atoms with Gasteiger partial charge in [-0.3, -0.25) is 4.79 Å². The number of carbonyl (C=O) groups excluding carboxylic acids is 1. The Balaban J connectivity index is 3.51. The molecule has 0 unspecified atom stereocenters. The molecule has 0 radical (unpaired) electrons. The van der Waals surface area contributed by atoms with E-state index in [4.69, 9.17) is 15.7 Å². The van der Waals surface area contributed by atoms with Gasteiger partial charge in [0.05, 0.1) is 11.3 Å². The molecule has 66 valence electrons. The molecule has 13 heavy (non-hydrogen) atoms. The van der Waals surface area contributed by atoms with Gasteiger partial charge in [-0.05, 0) is 17.7 Å². The van der Waals surface area contributed by atoms with Crippen LogP contribution in [0, 0.1) is 0 Å². The van der Waals surface area contributed by atoms with Crippen molar-refractivity contribution in [1.29, 1.82) is 0 Å². The fraction of sp³-hybridized carbons (Fsp3) is 0. The van der Waals surface area contributed by atoms with Crippen molar-refractivity contribution in [2.45, 2.75) is 0 Å². The van der Waals surface area contributed by atoms with Crippen molar-refractivity contribution in [1.82, 2.24) is 0 Å². The first kappa shape index (κ1) is 8.89. The standard InChI is InChI=1S/C7H5N3O3/c8-10-9-7-4(3-11)5(12)1-2-6(7)13/h1-3,12-13H. The van der Waals surface area contributed by atoms with Gasteiger partial charge in [-0.2, -0.15) is 0 Å². The first-order valence-corrected chi connectivity index (χ1v) is 3.26. The van der Waals surface area contributed by atoms with Crippen LogP contribution in [-0.2, 0) is 0 Å². The Labute approximate surface area is 72.7 Å². The Morgan fingerprint density at radius 1 is 1.38 bits per heavy atom. The molecule has 2 N–H and O–H groups in total. The lowest BCUT2D eigenvalue weighted by atomic mass is 10.1. The van der Waals surface area contributed by atoms with E-state index in [0.29, 0.717) is 6.29 Å². The molecule has 0 heterocycles. The van der Waals surface area contributed by atoms with E-state index in [9.17, 15) is 4.79 Å². The highest BCUT2D eigenvalue weighted by atomic mass is 16.3. The van der Waals surface area contributed by atoms with Crippen molar-refractivity contribution in [2.24, 2.45) is 5.11 Å². The number of benzene rings is 1. The maximum absolute atomic E-state index is 10.4. The summed E-state index contributed by atoms with van der Waals surface area (Å²) in [6, 6.07) is 2.27. The van der Waals surface area contributed by atoms with Crippen LogP contribution in [0.2, 0.25) is 0 Å². The summed E-state index contributed by atoms with van der Waals surface area (Å²) in [4.78, 5) is 12.8. The van der Waals surface area contributed by atoms with Gasteiger partial charge in [-0.25, -0.2) is 0 Å². The summed E-state index contributed by atoms with van der Waals surface area (Å²) in [6.07, 6.45) is 0.305. The average molecular weight is 179 g/mol. The molecule has 1 aromatic carbocycles. The summed E-state index contributed by atoms with van der Waals surface area (Å²) in [5, 5.41) is 21.3. The second kappa shape index (κ2) is 3.46. The largest absolute Gasteiger partial charge is 0.507 e. The molecule has 0 fully saturated rings. The number of azide groups is 1. The van der Waals surface area contributed by atoms with Crippen LogP contribution in [0.5, 0.6) is 11.5 Å². The first-order chi connectivity index (χ1) is 6.20. The van der Waals surface area contributed by atoms with Gasteiger partial charge in [0.2, 0.25) is 0 Å². The number of hydrogen-bond acceptors (Lipinski definition) is 4. The zero-order valence-corrected chi connectivity index (χ0v) is 6.38. The number of rotatable bonds is 2. The van der Waals surface area contributed by atoms with E-state index in [2.05, 4.69) is 10.0 Å². The SMILES string of the molecule is [N-]=[N+]=Nc1c(O)ccc(O)c1C=O. The zero-order valence-electron chi connectivity index (χ0n) is 6.38. The van der Waals surface area contributed by atoms with Crippen LogP contribution in [0.1, 0.15) is 10.4 Å². The quantitative estimate of drug-likeness (QED) is 0.238. The summed E-state index contributed by atoms with van der Waals surface area (Å²) in [5.41, 5.74) is 7.61. The Kier molecular flexibility index (Phi) is 2.37. The molecule has 0 spiro atoms.